The van der Waals surface area contributed by atoms with Crippen LogP contribution in [0.3, 0.4) is 0 Å². The topological polar surface area (TPSA) is 98.0 Å². The first-order valence-electron chi connectivity index (χ1n) is 8.64. The number of thioether (sulfide) groups is 1. The SMILES string of the molecule is Cc1cc(C)cc(NC(=O)c2cccnc2SCc2ccnc(C(N)=O)c2)c1. The highest BCUT2D eigenvalue weighted by atomic mass is 32.2. The zero-order chi connectivity index (χ0) is 20.1. The van der Waals surface area contributed by atoms with Crippen molar-refractivity contribution >= 4 is 29.3 Å². The van der Waals surface area contributed by atoms with Gasteiger partial charge in [0.25, 0.3) is 11.8 Å². The highest BCUT2D eigenvalue weighted by Crippen LogP contribution is 2.25. The number of benzene rings is 1. The van der Waals surface area contributed by atoms with Crippen molar-refractivity contribution in [3.8, 4) is 0 Å². The number of amides is 2. The first-order valence-corrected chi connectivity index (χ1v) is 9.63. The van der Waals surface area contributed by atoms with Gasteiger partial charge in [0.2, 0.25) is 0 Å². The number of carbonyl (C=O) groups excluding carboxylic acids is 2. The van der Waals surface area contributed by atoms with Crippen molar-refractivity contribution in [3.63, 3.8) is 0 Å². The van der Waals surface area contributed by atoms with Crippen molar-refractivity contribution in [1.29, 1.82) is 0 Å². The van der Waals surface area contributed by atoms with E-state index in [0.717, 1.165) is 22.4 Å². The number of carbonyl (C=O) groups is 2. The van der Waals surface area contributed by atoms with Crippen LogP contribution in [0.4, 0.5) is 5.69 Å². The van der Waals surface area contributed by atoms with Gasteiger partial charge in [-0.2, -0.15) is 0 Å². The average Bonchev–Trinajstić information content (AvgIpc) is 2.66. The Morgan fingerprint density at radius 1 is 1.04 bits per heavy atom. The van der Waals surface area contributed by atoms with Gasteiger partial charge in [-0.1, -0.05) is 6.07 Å². The maximum absolute atomic E-state index is 12.8. The first kappa shape index (κ1) is 19.6. The van der Waals surface area contributed by atoms with E-state index >= 15 is 0 Å². The molecule has 6 nitrogen and oxygen atoms in total. The molecule has 0 radical (unpaired) electrons. The minimum atomic E-state index is -0.571. The van der Waals surface area contributed by atoms with Crippen molar-refractivity contribution in [2.75, 3.05) is 5.32 Å². The Kier molecular flexibility index (Phi) is 6.06. The lowest BCUT2D eigenvalue weighted by molar-refractivity contribution is 0.0993. The summed E-state index contributed by atoms with van der Waals surface area (Å²) >= 11 is 1.41. The van der Waals surface area contributed by atoms with Crippen LogP contribution in [0.15, 0.2) is 59.9 Å². The fraction of sp³-hybridized carbons (Fsp3) is 0.143. The Morgan fingerprint density at radius 2 is 1.79 bits per heavy atom. The van der Waals surface area contributed by atoms with Crippen LogP contribution in [0.25, 0.3) is 0 Å². The van der Waals surface area contributed by atoms with E-state index in [9.17, 15) is 9.59 Å². The highest BCUT2D eigenvalue weighted by molar-refractivity contribution is 7.98. The number of rotatable bonds is 6. The monoisotopic (exact) mass is 392 g/mol. The van der Waals surface area contributed by atoms with Gasteiger partial charge >= 0.3 is 0 Å². The van der Waals surface area contributed by atoms with E-state index in [1.807, 2.05) is 26.0 Å². The maximum Gasteiger partial charge on any atom is 0.267 e. The standard InChI is InChI=1S/C21H20N4O2S/c1-13-8-14(2)10-16(9-13)25-20(27)17-4-3-6-24-21(17)28-12-15-5-7-23-18(11-15)19(22)26/h3-11H,12H2,1-2H3,(H2,22,26)(H,25,27). The summed E-state index contributed by atoms with van der Waals surface area (Å²) in [4.78, 5) is 32.3. The number of hydrogen-bond acceptors (Lipinski definition) is 5. The summed E-state index contributed by atoms with van der Waals surface area (Å²) in [5.74, 6) is -0.254. The molecule has 0 aliphatic heterocycles. The summed E-state index contributed by atoms with van der Waals surface area (Å²) < 4.78 is 0. The number of nitrogens with one attached hydrogen (secondary N) is 1. The molecule has 3 N–H and O–H groups in total. The van der Waals surface area contributed by atoms with Crippen LogP contribution < -0.4 is 11.1 Å². The van der Waals surface area contributed by atoms with Gasteiger partial charge in [-0.3, -0.25) is 14.6 Å². The summed E-state index contributed by atoms with van der Waals surface area (Å²) in [5.41, 5.74) is 9.78. The number of aromatic nitrogens is 2. The third kappa shape index (κ3) is 4.95. The van der Waals surface area contributed by atoms with E-state index in [4.69, 9.17) is 5.73 Å². The molecule has 0 spiro atoms. The van der Waals surface area contributed by atoms with Crippen LogP contribution in [0.2, 0.25) is 0 Å². The summed E-state index contributed by atoms with van der Waals surface area (Å²) in [6, 6.07) is 12.8. The predicted molar refractivity (Wildman–Crippen MR) is 110 cm³/mol. The van der Waals surface area contributed by atoms with Gasteiger partial charge in [0.1, 0.15) is 10.7 Å². The Hall–Kier alpha value is -3.19. The van der Waals surface area contributed by atoms with Crippen molar-refractivity contribution in [2.45, 2.75) is 24.6 Å². The molecule has 0 saturated carbocycles. The molecule has 3 rings (SSSR count). The highest BCUT2D eigenvalue weighted by Gasteiger charge is 2.14. The molecule has 0 fully saturated rings. The van der Waals surface area contributed by atoms with Gasteiger partial charge in [-0.05, 0) is 66.9 Å². The molecule has 7 heteroatoms. The minimum absolute atomic E-state index is 0.215. The van der Waals surface area contributed by atoms with Gasteiger partial charge in [0, 0.05) is 23.8 Å². The van der Waals surface area contributed by atoms with Crippen LogP contribution in [-0.4, -0.2) is 21.8 Å². The van der Waals surface area contributed by atoms with E-state index < -0.39 is 5.91 Å². The predicted octanol–water partition coefficient (Wildman–Crippen LogP) is 3.74. The zero-order valence-corrected chi connectivity index (χ0v) is 16.4. The molecule has 28 heavy (non-hydrogen) atoms. The number of nitrogens with two attached hydrogens (primary N) is 1. The fourth-order valence-electron chi connectivity index (χ4n) is 2.77. The molecular weight excluding hydrogens is 372 g/mol. The number of hydrogen-bond donors (Lipinski definition) is 2. The molecule has 0 atom stereocenters. The average molecular weight is 392 g/mol. The summed E-state index contributed by atoms with van der Waals surface area (Å²) in [6.07, 6.45) is 3.19. The van der Waals surface area contributed by atoms with E-state index in [2.05, 4.69) is 21.4 Å². The molecule has 0 aliphatic carbocycles. The van der Waals surface area contributed by atoms with Crippen LogP contribution in [0, 0.1) is 13.8 Å². The Labute approximate surface area is 167 Å². The molecule has 0 bridgehead atoms. The second-order valence-electron chi connectivity index (χ2n) is 6.39. The van der Waals surface area contributed by atoms with E-state index in [1.165, 1.54) is 11.8 Å². The molecule has 0 saturated heterocycles. The van der Waals surface area contributed by atoms with E-state index in [0.29, 0.717) is 16.3 Å². The second kappa shape index (κ2) is 8.67. The third-order valence-corrected chi connectivity index (χ3v) is 5.02. The summed E-state index contributed by atoms with van der Waals surface area (Å²) in [5, 5.41) is 3.55. The van der Waals surface area contributed by atoms with Crippen LogP contribution >= 0.6 is 11.8 Å². The van der Waals surface area contributed by atoms with Gasteiger partial charge in [-0.15, -0.1) is 11.8 Å². The zero-order valence-electron chi connectivity index (χ0n) is 15.6. The molecule has 3 aromatic rings. The maximum atomic E-state index is 12.8. The summed E-state index contributed by atoms with van der Waals surface area (Å²) in [6.45, 7) is 3.98. The lowest BCUT2D eigenvalue weighted by atomic mass is 10.1. The number of nitrogens with zero attached hydrogens (tertiary/aromatic N) is 2. The Bertz CT molecular complexity index is 1020. The van der Waals surface area contributed by atoms with Crippen molar-refractivity contribution in [1.82, 2.24) is 9.97 Å². The fourth-order valence-corrected chi connectivity index (χ4v) is 3.71. The van der Waals surface area contributed by atoms with Gasteiger partial charge in [-0.25, -0.2) is 4.98 Å². The quantitative estimate of drug-likeness (QED) is 0.623. The Morgan fingerprint density at radius 3 is 2.50 bits per heavy atom. The smallest absolute Gasteiger partial charge is 0.267 e. The van der Waals surface area contributed by atoms with Crippen LogP contribution in [0.5, 0.6) is 0 Å². The summed E-state index contributed by atoms with van der Waals surface area (Å²) in [7, 11) is 0. The molecule has 1 aromatic carbocycles. The number of aryl methyl sites for hydroxylation is 2. The van der Waals surface area contributed by atoms with Gasteiger partial charge < -0.3 is 11.1 Å². The number of pyridine rings is 2. The lowest BCUT2D eigenvalue weighted by Crippen LogP contribution is -2.14. The molecule has 2 amide bonds. The lowest BCUT2D eigenvalue weighted by Gasteiger charge is -2.10. The van der Waals surface area contributed by atoms with Crippen LogP contribution in [-0.2, 0) is 5.75 Å². The Balaban J connectivity index is 1.76. The van der Waals surface area contributed by atoms with Crippen molar-refractivity contribution in [3.05, 3.63) is 82.8 Å². The van der Waals surface area contributed by atoms with Crippen molar-refractivity contribution < 1.29 is 9.59 Å². The molecule has 0 aliphatic rings. The molecule has 0 unspecified atom stereocenters. The molecule has 2 aromatic heterocycles. The van der Waals surface area contributed by atoms with Crippen molar-refractivity contribution in [2.24, 2.45) is 5.73 Å². The van der Waals surface area contributed by atoms with Gasteiger partial charge in [0.15, 0.2) is 0 Å². The number of primary amides is 1. The number of anilines is 1. The second-order valence-corrected chi connectivity index (χ2v) is 7.35. The molecular formula is C21H20N4O2S. The van der Waals surface area contributed by atoms with Gasteiger partial charge in [0.05, 0.1) is 5.56 Å². The minimum Gasteiger partial charge on any atom is -0.364 e. The van der Waals surface area contributed by atoms with E-state index in [1.54, 1.807) is 36.7 Å². The largest absolute Gasteiger partial charge is 0.364 e. The van der Waals surface area contributed by atoms with E-state index in [-0.39, 0.29) is 11.6 Å². The first-order chi connectivity index (χ1) is 13.4. The normalized spacial score (nSPS) is 10.5. The molecule has 2 heterocycles. The third-order valence-electron chi connectivity index (χ3n) is 3.95. The molecule has 142 valence electrons. The van der Waals surface area contributed by atoms with Crippen LogP contribution in [0.1, 0.15) is 37.5 Å².